The van der Waals surface area contributed by atoms with Crippen molar-refractivity contribution in [3.05, 3.63) is 29.8 Å². The Kier molecular flexibility index (Phi) is 7.52. The fourth-order valence-corrected chi connectivity index (χ4v) is 2.67. The van der Waals surface area contributed by atoms with Crippen LogP contribution in [0.15, 0.2) is 24.3 Å². The Labute approximate surface area is 145 Å². The lowest BCUT2D eigenvalue weighted by Crippen LogP contribution is -2.44. The predicted molar refractivity (Wildman–Crippen MR) is 88.4 cm³/mol. The maximum atomic E-state index is 12.1. The summed E-state index contributed by atoms with van der Waals surface area (Å²) in [6, 6.07) is 5.60. The Morgan fingerprint density at radius 3 is 2.52 bits per heavy atom. The average molecular weight is 359 g/mol. The lowest BCUT2D eigenvalue weighted by Gasteiger charge is -2.27. The Balaban J connectivity index is 1.59. The summed E-state index contributed by atoms with van der Waals surface area (Å²) >= 11 is 0. The number of rotatable bonds is 8. The number of alkyl halides is 3. The van der Waals surface area contributed by atoms with Gasteiger partial charge in [-0.3, -0.25) is 4.79 Å². The Morgan fingerprint density at radius 2 is 1.88 bits per heavy atom. The summed E-state index contributed by atoms with van der Waals surface area (Å²) in [6.45, 7) is 5.73. The van der Waals surface area contributed by atoms with Crippen LogP contribution < -0.4 is 15.4 Å². The van der Waals surface area contributed by atoms with Gasteiger partial charge in [0, 0.05) is 39.1 Å². The number of carbonyl (C=O) groups is 1. The van der Waals surface area contributed by atoms with Crippen LogP contribution in [0.5, 0.6) is 5.75 Å². The van der Waals surface area contributed by atoms with Crippen molar-refractivity contribution in [2.75, 3.05) is 39.3 Å². The topological polar surface area (TPSA) is 53.6 Å². The van der Waals surface area contributed by atoms with Gasteiger partial charge in [0.05, 0.1) is 0 Å². The lowest BCUT2D eigenvalue weighted by atomic mass is 10.1. The van der Waals surface area contributed by atoms with Crippen molar-refractivity contribution in [1.82, 2.24) is 15.5 Å². The van der Waals surface area contributed by atoms with Crippen LogP contribution in [0.1, 0.15) is 18.4 Å². The van der Waals surface area contributed by atoms with Crippen LogP contribution in [0.25, 0.3) is 0 Å². The third-order valence-corrected chi connectivity index (χ3v) is 3.98. The molecular weight excluding hydrogens is 335 g/mol. The highest BCUT2D eigenvalue weighted by atomic mass is 19.4. The molecule has 1 heterocycles. The number of aryl methyl sites for hydroxylation is 1. The van der Waals surface area contributed by atoms with E-state index >= 15 is 0 Å². The highest BCUT2D eigenvalue weighted by Crippen LogP contribution is 2.22. The largest absolute Gasteiger partial charge is 0.573 e. The summed E-state index contributed by atoms with van der Waals surface area (Å²) in [5.74, 6) is -0.301. The van der Waals surface area contributed by atoms with Crippen LogP contribution in [0.4, 0.5) is 13.2 Å². The molecule has 0 spiro atoms. The summed E-state index contributed by atoms with van der Waals surface area (Å²) in [5.41, 5.74) is 0.797. The lowest BCUT2D eigenvalue weighted by molar-refractivity contribution is -0.274. The van der Waals surface area contributed by atoms with E-state index in [1.807, 2.05) is 0 Å². The van der Waals surface area contributed by atoms with Crippen molar-refractivity contribution >= 4 is 5.91 Å². The Morgan fingerprint density at radius 1 is 1.20 bits per heavy atom. The minimum atomic E-state index is -4.69. The molecule has 140 valence electrons. The smallest absolute Gasteiger partial charge is 0.406 e. The first-order chi connectivity index (χ1) is 11.9. The first-order valence-electron chi connectivity index (χ1n) is 8.47. The Hall–Kier alpha value is -1.80. The predicted octanol–water partition coefficient (Wildman–Crippen LogP) is 1.93. The van der Waals surface area contributed by atoms with E-state index in [-0.39, 0.29) is 11.7 Å². The molecule has 2 N–H and O–H groups in total. The number of piperazine rings is 1. The average Bonchev–Trinajstić information content (AvgIpc) is 2.58. The number of ether oxygens (including phenoxy) is 1. The number of benzene rings is 1. The van der Waals surface area contributed by atoms with E-state index in [0.29, 0.717) is 19.4 Å². The molecule has 2 rings (SSSR count). The summed E-state index contributed by atoms with van der Waals surface area (Å²) in [4.78, 5) is 14.2. The second-order valence-corrected chi connectivity index (χ2v) is 5.99. The molecule has 1 amide bonds. The van der Waals surface area contributed by atoms with Gasteiger partial charge in [-0.05, 0) is 37.1 Å². The standard InChI is InChI=1S/C17H24F3N3O2/c18-17(19,20)25-15-5-2-14(3-6-15)4-7-16(24)22-8-1-11-23-12-9-21-10-13-23/h2-3,5-6,21H,1,4,7-13H2,(H,22,24). The van der Waals surface area contributed by atoms with Crippen molar-refractivity contribution in [1.29, 1.82) is 0 Å². The molecule has 25 heavy (non-hydrogen) atoms. The molecule has 1 saturated heterocycles. The molecule has 8 heteroatoms. The minimum absolute atomic E-state index is 0.0454. The zero-order valence-corrected chi connectivity index (χ0v) is 14.1. The zero-order chi connectivity index (χ0) is 18.1. The molecule has 1 aromatic rings. The molecule has 0 radical (unpaired) electrons. The molecule has 0 unspecified atom stereocenters. The minimum Gasteiger partial charge on any atom is -0.406 e. The van der Waals surface area contributed by atoms with Gasteiger partial charge in [0.2, 0.25) is 5.91 Å². The maximum Gasteiger partial charge on any atom is 0.573 e. The van der Waals surface area contributed by atoms with E-state index in [4.69, 9.17) is 0 Å². The third kappa shape index (κ3) is 8.22. The molecular formula is C17H24F3N3O2. The van der Waals surface area contributed by atoms with Gasteiger partial charge < -0.3 is 20.3 Å². The summed E-state index contributed by atoms with van der Waals surface area (Å²) in [6.07, 6.45) is -2.98. The number of nitrogens with zero attached hydrogens (tertiary/aromatic N) is 1. The van der Waals surface area contributed by atoms with Crippen molar-refractivity contribution in [3.63, 3.8) is 0 Å². The van der Waals surface area contributed by atoms with Crippen LogP contribution in [0, 0.1) is 0 Å². The number of halogens is 3. The van der Waals surface area contributed by atoms with Gasteiger partial charge >= 0.3 is 6.36 Å². The highest BCUT2D eigenvalue weighted by Gasteiger charge is 2.30. The Bertz CT molecular complexity index is 529. The monoisotopic (exact) mass is 359 g/mol. The molecule has 0 aromatic heterocycles. The summed E-state index contributed by atoms with van der Waals surface area (Å²) in [7, 11) is 0. The van der Waals surface area contributed by atoms with Crippen molar-refractivity contribution < 1.29 is 22.7 Å². The van der Waals surface area contributed by atoms with E-state index in [2.05, 4.69) is 20.3 Å². The van der Waals surface area contributed by atoms with Crippen molar-refractivity contribution in [2.45, 2.75) is 25.6 Å². The van der Waals surface area contributed by atoms with Crippen LogP contribution in [0.3, 0.4) is 0 Å². The molecule has 1 aliphatic heterocycles. The van der Waals surface area contributed by atoms with Gasteiger partial charge in [0.25, 0.3) is 0 Å². The van der Waals surface area contributed by atoms with Crippen LogP contribution in [0.2, 0.25) is 0 Å². The summed E-state index contributed by atoms with van der Waals surface area (Å²) in [5, 5.41) is 6.18. The van der Waals surface area contributed by atoms with E-state index in [9.17, 15) is 18.0 Å². The van der Waals surface area contributed by atoms with E-state index < -0.39 is 6.36 Å². The molecule has 1 aromatic carbocycles. The van der Waals surface area contributed by atoms with E-state index in [1.165, 1.54) is 12.1 Å². The second-order valence-electron chi connectivity index (χ2n) is 5.99. The number of carbonyl (C=O) groups excluding carboxylic acids is 1. The molecule has 1 fully saturated rings. The fraction of sp³-hybridized carbons (Fsp3) is 0.588. The highest BCUT2D eigenvalue weighted by molar-refractivity contribution is 5.76. The van der Waals surface area contributed by atoms with Crippen LogP contribution >= 0.6 is 0 Å². The van der Waals surface area contributed by atoms with Gasteiger partial charge in [-0.1, -0.05) is 12.1 Å². The molecule has 5 nitrogen and oxygen atoms in total. The molecule has 0 saturated carbocycles. The SMILES string of the molecule is O=C(CCc1ccc(OC(F)(F)F)cc1)NCCCN1CCNCC1. The van der Waals surface area contributed by atoms with Crippen LogP contribution in [-0.2, 0) is 11.2 Å². The van der Waals surface area contributed by atoms with E-state index in [0.717, 1.165) is 44.7 Å². The second kappa shape index (κ2) is 9.62. The molecule has 0 bridgehead atoms. The molecule has 0 aliphatic carbocycles. The van der Waals surface area contributed by atoms with Crippen LogP contribution in [-0.4, -0.2) is 56.4 Å². The van der Waals surface area contributed by atoms with E-state index in [1.54, 1.807) is 12.1 Å². The molecule has 1 aliphatic rings. The van der Waals surface area contributed by atoms with Crippen molar-refractivity contribution in [3.8, 4) is 5.75 Å². The van der Waals surface area contributed by atoms with Gasteiger partial charge in [-0.15, -0.1) is 13.2 Å². The first kappa shape index (κ1) is 19.5. The van der Waals surface area contributed by atoms with Gasteiger partial charge in [-0.2, -0.15) is 0 Å². The quantitative estimate of drug-likeness (QED) is 0.697. The number of amides is 1. The van der Waals surface area contributed by atoms with Gasteiger partial charge in [-0.25, -0.2) is 0 Å². The van der Waals surface area contributed by atoms with Gasteiger partial charge in [0.15, 0.2) is 0 Å². The normalized spacial score (nSPS) is 15.8. The van der Waals surface area contributed by atoms with Crippen molar-refractivity contribution in [2.24, 2.45) is 0 Å². The third-order valence-electron chi connectivity index (χ3n) is 3.98. The number of nitrogens with one attached hydrogen (secondary N) is 2. The number of hydrogen-bond acceptors (Lipinski definition) is 4. The zero-order valence-electron chi connectivity index (χ0n) is 14.1. The first-order valence-corrected chi connectivity index (χ1v) is 8.47. The summed E-state index contributed by atoms with van der Waals surface area (Å²) < 4.78 is 40.1. The maximum absolute atomic E-state index is 12.1. The van der Waals surface area contributed by atoms with Gasteiger partial charge in [0.1, 0.15) is 5.75 Å². The number of hydrogen-bond donors (Lipinski definition) is 2. The fourth-order valence-electron chi connectivity index (χ4n) is 2.67. The molecule has 0 atom stereocenters.